The Labute approximate surface area is 200 Å². The number of ether oxygens (including phenoxy) is 4. The van der Waals surface area contributed by atoms with Crippen molar-refractivity contribution in [2.75, 3.05) is 33.4 Å². The van der Waals surface area contributed by atoms with Gasteiger partial charge in [-0.15, -0.1) is 0 Å². The van der Waals surface area contributed by atoms with Gasteiger partial charge in [0.1, 0.15) is 12.4 Å². The summed E-state index contributed by atoms with van der Waals surface area (Å²) in [5.74, 6) is 1.25. The van der Waals surface area contributed by atoms with Crippen molar-refractivity contribution < 1.29 is 28.8 Å². The second kappa shape index (κ2) is 10.3. The topological polar surface area (TPSA) is 90.4 Å². The molecule has 1 saturated heterocycles. The molecule has 34 heavy (non-hydrogen) atoms. The van der Waals surface area contributed by atoms with Gasteiger partial charge in [0.15, 0.2) is 5.75 Å². The molecule has 1 aromatic heterocycles. The third kappa shape index (κ3) is 5.68. The van der Waals surface area contributed by atoms with E-state index in [0.29, 0.717) is 25.7 Å². The molecule has 0 amide bonds. The number of methoxy groups -OCH3 is 1. The number of benzene rings is 1. The van der Waals surface area contributed by atoms with Gasteiger partial charge in [0.25, 0.3) is 5.88 Å². The first-order chi connectivity index (χ1) is 16.2. The van der Waals surface area contributed by atoms with Crippen LogP contribution in [-0.2, 0) is 22.7 Å². The van der Waals surface area contributed by atoms with Gasteiger partial charge < -0.3 is 24.1 Å². The Morgan fingerprint density at radius 2 is 1.91 bits per heavy atom. The zero-order valence-electron chi connectivity index (χ0n) is 20.4. The number of hydrogen-bond donors (Lipinski definition) is 1. The number of fused-ring (bicyclic) bond motifs is 1. The first-order valence-corrected chi connectivity index (χ1v) is 11.8. The number of likely N-dealkylation sites (tertiary alicyclic amines) is 1. The zero-order chi connectivity index (χ0) is 24.3. The molecule has 0 aliphatic carbocycles. The molecule has 2 aliphatic heterocycles. The van der Waals surface area contributed by atoms with E-state index >= 15 is 0 Å². The summed E-state index contributed by atoms with van der Waals surface area (Å²) in [7, 11) is 1.49. The average Bonchev–Trinajstić information content (AvgIpc) is 3.27. The molecule has 0 unspecified atom stereocenters. The van der Waals surface area contributed by atoms with Crippen LogP contribution < -0.4 is 14.2 Å². The largest absolute Gasteiger partial charge is 0.492 e. The summed E-state index contributed by atoms with van der Waals surface area (Å²) in [6.07, 6.45) is 3.69. The van der Waals surface area contributed by atoms with Crippen LogP contribution in [0, 0.1) is 5.92 Å². The van der Waals surface area contributed by atoms with Gasteiger partial charge in [-0.25, -0.2) is 4.98 Å². The summed E-state index contributed by atoms with van der Waals surface area (Å²) in [6.45, 7) is 9.55. The van der Waals surface area contributed by atoms with Crippen molar-refractivity contribution in [2.45, 2.75) is 52.4 Å². The van der Waals surface area contributed by atoms with Crippen molar-refractivity contribution >= 4 is 5.97 Å². The number of nitrogens with zero attached hydrogens (tertiary/aromatic N) is 2. The zero-order valence-corrected chi connectivity index (χ0v) is 20.4. The van der Waals surface area contributed by atoms with Crippen LogP contribution in [-0.4, -0.2) is 59.9 Å². The fourth-order valence-electron chi connectivity index (χ4n) is 4.67. The lowest BCUT2D eigenvalue weighted by Gasteiger charge is -2.37. The van der Waals surface area contributed by atoms with E-state index in [9.17, 15) is 9.90 Å². The summed E-state index contributed by atoms with van der Waals surface area (Å²) < 4.78 is 22.4. The molecule has 2 aromatic rings. The normalized spacial score (nSPS) is 16.9. The monoisotopic (exact) mass is 470 g/mol. The van der Waals surface area contributed by atoms with Crippen LogP contribution in [0.15, 0.2) is 24.4 Å². The quantitative estimate of drug-likeness (QED) is 0.586. The van der Waals surface area contributed by atoms with E-state index in [1.165, 1.54) is 14.0 Å². The van der Waals surface area contributed by atoms with Crippen LogP contribution in [0.1, 0.15) is 44.7 Å². The highest BCUT2D eigenvalue weighted by molar-refractivity contribution is 5.73. The number of carbonyl (C=O) groups excluding carboxylic acids is 1. The lowest BCUT2D eigenvalue weighted by molar-refractivity contribution is -0.132. The van der Waals surface area contributed by atoms with E-state index < -0.39 is 11.6 Å². The van der Waals surface area contributed by atoms with Gasteiger partial charge in [0.05, 0.1) is 25.9 Å². The van der Waals surface area contributed by atoms with Gasteiger partial charge in [-0.3, -0.25) is 9.69 Å². The van der Waals surface area contributed by atoms with Crippen LogP contribution in [0.4, 0.5) is 0 Å². The van der Waals surface area contributed by atoms with Crippen molar-refractivity contribution in [3.05, 3.63) is 35.5 Å². The average molecular weight is 471 g/mol. The van der Waals surface area contributed by atoms with Crippen LogP contribution >= 0.6 is 0 Å². The Balaban J connectivity index is 1.46. The molecule has 8 heteroatoms. The molecule has 8 nitrogen and oxygen atoms in total. The third-order valence-corrected chi connectivity index (χ3v) is 6.66. The van der Waals surface area contributed by atoms with E-state index in [1.54, 1.807) is 12.3 Å². The van der Waals surface area contributed by atoms with Crippen LogP contribution in [0.5, 0.6) is 17.4 Å². The highest BCUT2D eigenvalue weighted by Crippen LogP contribution is 2.37. The minimum atomic E-state index is -0.616. The van der Waals surface area contributed by atoms with Gasteiger partial charge in [0.2, 0.25) is 0 Å². The Morgan fingerprint density at radius 3 is 2.59 bits per heavy atom. The number of aromatic nitrogens is 1. The summed E-state index contributed by atoms with van der Waals surface area (Å²) in [4.78, 5) is 18.2. The van der Waals surface area contributed by atoms with E-state index in [-0.39, 0.29) is 11.6 Å². The summed E-state index contributed by atoms with van der Waals surface area (Å²) in [5, 5.41) is 10.3. The molecule has 0 saturated carbocycles. The fourth-order valence-corrected chi connectivity index (χ4v) is 4.67. The van der Waals surface area contributed by atoms with Crippen molar-refractivity contribution in [1.82, 2.24) is 9.88 Å². The van der Waals surface area contributed by atoms with E-state index in [4.69, 9.17) is 18.9 Å². The second-order valence-electron chi connectivity index (χ2n) is 9.55. The molecular formula is C26H34N2O6. The van der Waals surface area contributed by atoms with Crippen molar-refractivity contribution in [1.29, 1.82) is 0 Å². The van der Waals surface area contributed by atoms with Crippen molar-refractivity contribution in [3.63, 3.8) is 0 Å². The van der Waals surface area contributed by atoms with E-state index in [0.717, 1.165) is 60.5 Å². The smallest absolute Gasteiger partial charge is 0.308 e. The Kier molecular flexibility index (Phi) is 7.40. The fraction of sp³-hybridized carbons (Fsp3) is 0.538. The molecule has 184 valence electrons. The maximum atomic E-state index is 11.5. The predicted molar refractivity (Wildman–Crippen MR) is 127 cm³/mol. The third-order valence-electron chi connectivity index (χ3n) is 6.66. The van der Waals surface area contributed by atoms with Crippen LogP contribution in [0.2, 0.25) is 0 Å². The van der Waals surface area contributed by atoms with Gasteiger partial charge in [-0.2, -0.15) is 0 Å². The number of carbonyl (C=O) groups is 1. The molecule has 0 radical (unpaired) electrons. The standard InChI is InChI=1S/C26H34N2O6/c1-17(29)34-24-13-19(14-27-25(24)31-4)18-11-20-15-32-16-22(20)23(12-18)33-10-9-28-7-5-21(6-8-28)26(2,3)30/h11-14,21,30H,5-10,15-16H2,1-4H3. The minimum Gasteiger partial charge on any atom is -0.492 e. The maximum absolute atomic E-state index is 11.5. The summed E-state index contributed by atoms with van der Waals surface area (Å²) >= 11 is 0. The molecule has 1 aromatic carbocycles. The molecule has 0 atom stereocenters. The molecule has 0 bridgehead atoms. The van der Waals surface area contributed by atoms with Gasteiger partial charge in [-0.1, -0.05) is 0 Å². The summed E-state index contributed by atoms with van der Waals surface area (Å²) in [5.41, 5.74) is 3.25. The lowest BCUT2D eigenvalue weighted by atomic mass is 9.83. The Bertz CT molecular complexity index is 1020. The van der Waals surface area contributed by atoms with Crippen LogP contribution in [0.3, 0.4) is 0 Å². The molecule has 2 aliphatic rings. The maximum Gasteiger partial charge on any atom is 0.308 e. The second-order valence-corrected chi connectivity index (χ2v) is 9.55. The van der Waals surface area contributed by atoms with Crippen molar-refractivity contribution in [2.24, 2.45) is 5.92 Å². The van der Waals surface area contributed by atoms with Crippen LogP contribution in [0.25, 0.3) is 11.1 Å². The van der Waals surface area contributed by atoms with Gasteiger partial charge >= 0.3 is 5.97 Å². The van der Waals surface area contributed by atoms with E-state index in [2.05, 4.69) is 16.0 Å². The van der Waals surface area contributed by atoms with Gasteiger partial charge in [-0.05, 0) is 75.0 Å². The van der Waals surface area contributed by atoms with Gasteiger partial charge in [0, 0.05) is 30.8 Å². The number of piperidine rings is 1. The molecule has 1 N–H and O–H groups in total. The number of aliphatic hydroxyl groups is 1. The number of pyridine rings is 1. The summed E-state index contributed by atoms with van der Waals surface area (Å²) in [6, 6.07) is 5.81. The van der Waals surface area contributed by atoms with Crippen molar-refractivity contribution in [3.8, 4) is 28.5 Å². The molecule has 1 fully saturated rings. The highest BCUT2D eigenvalue weighted by Gasteiger charge is 2.30. The van der Waals surface area contributed by atoms with E-state index in [1.807, 2.05) is 19.9 Å². The highest BCUT2D eigenvalue weighted by atomic mass is 16.6. The Hall–Kier alpha value is -2.68. The predicted octanol–water partition coefficient (Wildman–Crippen LogP) is 3.57. The minimum absolute atomic E-state index is 0.258. The molecule has 4 rings (SSSR count). The number of rotatable bonds is 8. The molecule has 3 heterocycles. The number of esters is 1. The first kappa shape index (κ1) is 24.4. The Morgan fingerprint density at radius 1 is 1.18 bits per heavy atom. The SMILES string of the molecule is COc1ncc(-c2cc3c(c(OCCN4CCC(C(C)(C)O)CC4)c2)COC3)cc1OC(C)=O. The molecule has 0 spiro atoms. The lowest BCUT2D eigenvalue weighted by Crippen LogP contribution is -2.43. The first-order valence-electron chi connectivity index (χ1n) is 11.8. The number of hydrogen-bond acceptors (Lipinski definition) is 8. The molecular weight excluding hydrogens is 436 g/mol.